The van der Waals surface area contributed by atoms with Crippen molar-refractivity contribution in [1.82, 2.24) is 8.87 Å². The number of fused-ring (bicyclic) bond motifs is 1. The molecule has 0 aliphatic carbocycles. The molecule has 0 radical (unpaired) electrons. The molecule has 1 aliphatic heterocycles. The molecule has 4 rings (SSSR count). The van der Waals surface area contributed by atoms with E-state index in [-0.39, 0.29) is 11.4 Å². The van der Waals surface area contributed by atoms with Crippen LogP contribution in [0.3, 0.4) is 0 Å². The number of piperidine rings is 1. The molecule has 2 atom stereocenters. The van der Waals surface area contributed by atoms with Gasteiger partial charge < -0.3 is 9.30 Å². The zero-order chi connectivity index (χ0) is 25.2. The Morgan fingerprint density at radius 3 is 2.49 bits per heavy atom. The van der Waals surface area contributed by atoms with Crippen molar-refractivity contribution < 1.29 is 17.9 Å². The van der Waals surface area contributed by atoms with Gasteiger partial charge in [0.2, 0.25) is 10.0 Å². The van der Waals surface area contributed by atoms with Gasteiger partial charge in [0.25, 0.3) is 5.91 Å². The van der Waals surface area contributed by atoms with E-state index in [4.69, 9.17) is 11.2 Å². The first kappa shape index (κ1) is 25.2. The molecular weight excluding hydrogens is 482 g/mol. The van der Waals surface area contributed by atoms with Crippen molar-refractivity contribution in [1.29, 1.82) is 0 Å². The SMILES string of the molecule is C#CCn1c(=NC(=O)c2ccc(S(=O)(=O)N3CC(C)CC(C)C3)cc2)sc2cccc(OCC)c21. The van der Waals surface area contributed by atoms with Gasteiger partial charge in [-0.05, 0) is 61.6 Å². The summed E-state index contributed by atoms with van der Waals surface area (Å²) in [5.41, 5.74) is 1.11. The number of nitrogens with zero attached hydrogens (tertiary/aromatic N) is 3. The van der Waals surface area contributed by atoms with Gasteiger partial charge in [-0.15, -0.1) is 6.42 Å². The third-order valence-corrected chi connectivity index (χ3v) is 8.87. The number of hydrogen-bond acceptors (Lipinski definition) is 5. The highest BCUT2D eigenvalue weighted by molar-refractivity contribution is 7.89. The summed E-state index contributed by atoms with van der Waals surface area (Å²) in [6.07, 6.45) is 6.61. The smallest absolute Gasteiger partial charge is 0.279 e. The predicted octanol–water partition coefficient (Wildman–Crippen LogP) is 4.14. The van der Waals surface area contributed by atoms with Crippen LogP contribution in [0, 0.1) is 24.2 Å². The summed E-state index contributed by atoms with van der Waals surface area (Å²) in [5, 5.41) is 0. The molecule has 0 spiro atoms. The van der Waals surface area contributed by atoms with Crippen LogP contribution in [0.2, 0.25) is 0 Å². The molecule has 0 N–H and O–H groups in total. The molecule has 0 bridgehead atoms. The highest BCUT2D eigenvalue weighted by Gasteiger charge is 2.31. The molecule has 3 aromatic rings. The summed E-state index contributed by atoms with van der Waals surface area (Å²) < 4.78 is 36.3. The van der Waals surface area contributed by atoms with Gasteiger partial charge in [0.15, 0.2) is 4.80 Å². The van der Waals surface area contributed by atoms with Crippen LogP contribution in [0.25, 0.3) is 10.2 Å². The molecule has 1 aromatic heterocycles. The van der Waals surface area contributed by atoms with E-state index in [0.717, 1.165) is 16.6 Å². The Morgan fingerprint density at radius 1 is 1.17 bits per heavy atom. The third-order valence-electron chi connectivity index (χ3n) is 5.98. The summed E-state index contributed by atoms with van der Waals surface area (Å²) in [5.74, 6) is 3.46. The maximum Gasteiger partial charge on any atom is 0.279 e. The topological polar surface area (TPSA) is 81.0 Å². The van der Waals surface area contributed by atoms with Gasteiger partial charge in [0.1, 0.15) is 11.3 Å². The molecular formula is C26H29N3O4S2. The molecule has 2 heterocycles. The fraction of sp³-hybridized carbons (Fsp3) is 0.385. The van der Waals surface area contributed by atoms with Crippen molar-refractivity contribution in [2.75, 3.05) is 19.7 Å². The van der Waals surface area contributed by atoms with E-state index in [1.54, 1.807) is 8.87 Å². The van der Waals surface area contributed by atoms with Gasteiger partial charge in [0.05, 0.1) is 22.7 Å². The van der Waals surface area contributed by atoms with Crippen LogP contribution in [-0.4, -0.2) is 42.9 Å². The second kappa shape index (κ2) is 10.4. The minimum atomic E-state index is -3.62. The van der Waals surface area contributed by atoms with Crippen LogP contribution in [0.1, 0.15) is 37.6 Å². The summed E-state index contributed by atoms with van der Waals surface area (Å²) in [7, 11) is -3.62. The van der Waals surface area contributed by atoms with E-state index in [1.165, 1.54) is 35.6 Å². The number of carbonyl (C=O) groups excluding carboxylic acids is 1. The van der Waals surface area contributed by atoms with Crippen molar-refractivity contribution >= 4 is 37.5 Å². The Morgan fingerprint density at radius 2 is 1.86 bits per heavy atom. The monoisotopic (exact) mass is 511 g/mol. The van der Waals surface area contributed by atoms with Crippen molar-refractivity contribution in [3.05, 3.63) is 52.8 Å². The fourth-order valence-corrected chi connectivity index (χ4v) is 7.29. The number of carbonyl (C=O) groups is 1. The normalized spacial score (nSPS) is 19.5. The number of aromatic nitrogens is 1. The number of sulfonamides is 1. The van der Waals surface area contributed by atoms with E-state index in [2.05, 4.69) is 24.8 Å². The third kappa shape index (κ3) is 5.20. The van der Waals surface area contributed by atoms with Crippen molar-refractivity contribution in [3.63, 3.8) is 0 Å². The van der Waals surface area contributed by atoms with Gasteiger partial charge in [-0.2, -0.15) is 9.30 Å². The Labute approximate surface area is 210 Å². The van der Waals surface area contributed by atoms with Crippen LogP contribution in [0.15, 0.2) is 52.4 Å². The van der Waals surface area contributed by atoms with Crippen molar-refractivity contribution in [2.24, 2.45) is 16.8 Å². The lowest BCUT2D eigenvalue weighted by Gasteiger charge is -2.34. The number of terminal acetylenes is 1. The van der Waals surface area contributed by atoms with E-state index in [9.17, 15) is 13.2 Å². The summed E-state index contributed by atoms with van der Waals surface area (Å²) in [4.78, 5) is 18.0. The molecule has 184 valence electrons. The zero-order valence-corrected chi connectivity index (χ0v) is 21.7. The first-order chi connectivity index (χ1) is 16.7. The van der Waals surface area contributed by atoms with Crippen molar-refractivity contribution in [2.45, 2.75) is 38.6 Å². The van der Waals surface area contributed by atoms with Gasteiger partial charge in [-0.3, -0.25) is 4.79 Å². The maximum atomic E-state index is 13.1. The zero-order valence-electron chi connectivity index (χ0n) is 20.1. The maximum absolute atomic E-state index is 13.1. The van der Waals surface area contributed by atoms with E-state index in [0.29, 0.717) is 47.6 Å². The van der Waals surface area contributed by atoms with E-state index in [1.807, 2.05) is 25.1 Å². The predicted molar refractivity (Wildman–Crippen MR) is 138 cm³/mol. The van der Waals surface area contributed by atoms with Crippen LogP contribution in [0.4, 0.5) is 0 Å². The number of amides is 1. The van der Waals surface area contributed by atoms with Gasteiger partial charge in [-0.1, -0.05) is 37.2 Å². The van der Waals surface area contributed by atoms with E-state index < -0.39 is 15.9 Å². The number of para-hydroxylation sites is 1. The molecule has 1 saturated heterocycles. The lowest BCUT2D eigenvalue weighted by Crippen LogP contribution is -2.42. The standard InChI is InChI=1S/C26H29N3O4S2/c1-5-14-29-24-22(33-6-2)8-7-9-23(24)34-26(29)27-25(30)20-10-12-21(13-11-20)35(31,32)28-16-18(3)15-19(4)17-28/h1,7-13,18-19H,6,14-17H2,2-4H3. The second-order valence-electron chi connectivity index (χ2n) is 8.92. The average molecular weight is 512 g/mol. The average Bonchev–Trinajstić information content (AvgIpc) is 3.17. The summed E-state index contributed by atoms with van der Waals surface area (Å²) in [6.45, 7) is 7.79. The van der Waals surface area contributed by atoms with Crippen LogP contribution in [-0.2, 0) is 16.6 Å². The first-order valence-corrected chi connectivity index (χ1v) is 13.9. The molecule has 35 heavy (non-hydrogen) atoms. The Balaban J connectivity index is 1.66. The Hall–Kier alpha value is -2.93. The lowest BCUT2D eigenvalue weighted by molar-refractivity contribution is 0.0997. The Bertz CT molecular complexity index is 1440. The van der Waals surface area contributed by atoms with Crippen LogP contribution in [0.5, 0.6) is 5.75 Å². The Kier molecular flexibility index (Phi) is 7.45. The van der Waals surface area contributed by atoms with Crippen molar-refractivity contribution in [3.8, 4) is 18.1 Å². The van der Waals surface area contributed by atoms with Crippen LogP contribution < -0.4 is 9.54 Å². The molecule has 7 nitrogen and oxygen atoms in total. The highest BCUT2D eigenvalue weighted by atomic mass is 32.2. The number of hydrogen-bond donors (Lipinski definition) is 0. The molecule has 1 aliphatic rings. The molecule has 1 amide bonds. The fourth-order valence-electron chi connectivity index (χ4n) is 4.56. The highest BCUT2D eigenvalue weighted by Crippen LogP contribution is 2.28. The van der Waals surface area contributed by atoms with Gasteiger partial charge in [-0.25, -0.2) is 8.42 Å². The summed E-state index contributed by atoms with van der Waals surface area (Å²) in [6, 6.07) is 11.7. The number of rotatable bonds is 6. The van der Waals surface area contributed by atoms with Gasteiger partial charge >= 0.3 is 0 Å². The molecule has 2 aromatic carbocycles. The molecule has 9 heteroatoms. The molecule has 2 unspecified atom stereocenters. The molecule has 0 saturated carbocycles. The number of benzene rings is 2. The second-order valence-corrected chi connectivity index (χ2v) is 11.9. The van der Waals surface area contributed by atoms with E-state index >= 15 is 0 Å². The van der Waals surface area contributed by atoms with Gasteiger partial charge in [0, 0.05) is 18.7 Å². The largest absolute Gasteiger partial charge is 0.492 e. The minimum absolute atomic E-state index is 0.181. The van der Waals surface area contributed by atoms with Crippen LogP contribution >= 0.6 is 11.3 Å². The number of ether oxygens (including phenoxy) is 1. The number of thiazole rings is 1. The molecule has 1 fully saturated rings. The minimum Gasteiger partial charge on any atom is -0.492 e. The summed E-state index contributed by atoms with van der Waals surface area (Å²) >= 11 is 1.35. The lowest BCUT2D eigenvalue weighted by atomic mass is 9.94. The first-order valence-electron chi connectivity index (χ1n) is 11.6. The quantitative estimate of drug-likeness (QED) is 0.466.